The van der Waals surface area contributed by atoms with Crippen molar-refractivity contribution in [3.63, 3.8) is 0 Å². The van der Waals surface area contributed by atoms with Gasteiger partial charge < -0.3 is 10.1 Å². The number of azo groups is 1. The van der Waals surface area contributed by atoms with Crippen molar-refractivity contribution in [1.82, 2.24) is 4.98 Å². The minimum absolute atomic E-state index is 0.160. The molecule has 8 nitrogen and oxygen atoms in total. The highest BCUT2D eigenvalue weighted by Crippen LogP contribution is 2.36. The second-order valence-electron chi connectivity index (χ2n) is 5.79. The molecule has 0 aliphatic carbocycles. The highest BCUT2D eigenvalue weighted by molar-refractivity contribution is 9.10. The van der Waals surface area contributed by atoms with Crippen molar-refractivity contribution in [3.05, 3.63) is 52.5 Å². The fraction of sp³-hybridized carbons (Fsp3) is 0.118. The Morgan fingerprint density at radius 1 is 1.19 bits per heavy atom. The van der Waals surface area contributed by atoms with E-state index >= 15 is 0 Å². The number of carbonyl (C=O) groups excluding carboxylic acids is 1. The molecule has 2 aromatic carbocycles. The smallest absolute Gasteiger partial charge is 0.295 e. The third-order valence-corrected chi connectivity index (χ3v) is 5.63. The Labute approximate surface area is 163 Å². The molecule has 0 saturated heterocycles. The van der Waals surface area contributed by atoms with Crippen LogP contribution in [-0.4, -0.2) is 37.7 Å². The van der Waals surface area contributed by atoms with Gasteiger partial charge in [-0.25, -0.2) is 8.42 Å². The molecule has 0 aliphatic heterocycles. The van der Waals surface area contributed by atoms with Crippen LogP contribution in [0, 0.1) is 0 Å². The highest BCUT2D eigenvalue weighted by Gasteiger charge is 2.14. The van der Waals surface area contributed by atoms with Crippen molar-refractivity contribution >= 4 is 54.1 Å². The average molecular weight is 451 g/mol. The van der Waals surface area contributed by atoms with Crippen LogP contribution in [0.2, 0.25) is 0 Å². The fourth-order valence-corrected chi connectivity index (χ4v) is 3.26. The van der Waals surface area contributed by atoms with Crippen LogP contribution in [0.25, 0.3) is 10.9 Å². The number of hydrogen-bond acceptors (Lipinski definition) is 5. The summed E-state index contributed by atoms with van der Waals surface area (Å²) in [5.74, 6) is -0.808. The monoisotopic (exact) mass is 450 g/mol. The standard InChI is InChI=1S/C17H15BrN4O4S/c1-22(27(2,25)26)12-6-3-10(4-7-12)16(23)21-20-15-13-9-11(18)5-8-14(13)19-17(15)24/h3-9,19,24H,1-2H3. The molecule has 3 aromatic rings. The van der Waals surface area contributed by atoms with Gasteiger partial charge in [-0.1, -0.05) is 15.9 Å². The number of anilines is 1. The first-order valence-corrected chi connectivity index (χ1v) is 10.3. The Morgan fingerprint density at radius 2 is 1.85 bits per heavy atom. The van der Waals surface area contributed by atoms with E-state index in [1.165, 1.54) is 31.3 Å². The van der Waals surface area contributed by atoms with Gasteiger partial charge in [-0.05, 0) is 42.5 Å². The third kappa shape index (κ3) is 4.01. The van der Waals surface area contributed by atoms with E-state index in [-0.39, 0.29) is 17.1 Å². The Kier molecular flexibility index (Phi) is 5.03. The normalized spacial score (nSPS) is 12.0. The van der Waals surface area contributed by atoms with Crippen LogP contribution in [-0.2, 0) is 10.0 Å². The molecule has 2 N–H and O–H groups in total. The van der Waals surface area contributed by atoms with Gasteiger partial charge in [-0.3, -0.25) is 9.10 Å². The first-order valence-electron chi connectivity index (χ1n) is 7.67. The van der Waals surface area contributed by atoms with Gasteiger partial charge in [0.25, 0.3) is 5.91 Å². The number of aromatic hydroxyl groups is 1. The number of carbonyl (C=O) groups is 1. The molecular formula is C17H15BrN4O4S. The van der Waals surface area contributed by atoms with Gasteiger partial charge >= 0.3 is 0 Å². The largest absolute Gasteiger partial charge is 0.493 e. The Balaban J connectivity index is 1.86. The molecule has 0 aliphatic rings. The zero-order chi connectivity index (χ0) is 19.8. The number of aromatic amines is 1. The molecule has 0 saturated carbocycles. The van der Waals surface area contributed by atoms with Crippen molar-refractivity contribution < 1.29 is 18.3 Å². The SMILES string of the molecule is CN(c1ccc(C(=O)N=Nc2c(O)[nH]c3ccc(Br)cc23)cc1)S(C)(=O)=O. The fourth-order valence-electron chi connectivity index (χ4n) is 2.40. The van der Waals surface area contributed by atoms with Gasteiger partial charge in [-0.15, -0.1) is 10.2 Å². The summed E-state index contributed by atoms with van der Waals surface area (Å²) in [6.07, 6.45) is 1.09. The van der Waals surface area contributed by atoms with E-state index in [4.69, 9.17) is 0 Å². The van der Waals surface area contributed by atoms with E-state index in [9.17, 15) is 18.3 Å². The number of hydrogen-bond donors (Lipinski definition) is 2. The number of nitrogens with zero attached hydrogens (tertiary/aromatic N) is 3. The predicted molar refractivity (Wildman–Crippen MR) is 106 cm³/mol. The minimum Gasteiger partial charge on any atom is -0.493 e. The summed E-state index contributed by atoms with van der Waals surface area (Å²) < 4.78 is 25.0. The highest BCUT2D eigenvalue weighted by atomic mass is 79.9. The number of fused-ring (bicyclic) bond motifs is 1. The number of nitrogens with one attached hydrogen (secondary N) is 1. The molecule has 0 radical (unpaired) electrons. The first-order chi connectivity index (χ1) is 12.7. The van der Waals surface area contributed by atoms with Gasteiger partial charge in [0.15, 0.2) is 5.69 Å². The number of H-pyrrole nitrogens is 1. The molecule has 1 heterocycles. The van der Waals surface area contributed by atoms with Crippen LogP contribution in [0.5, 0.6) is 5.88 Å². The van der Waals surface area contributed by atoms with Crippen LogP contribution in [0.15, 0.2) is 57.2 Å². The molecule has 0 spiro atoms. The molecule has 27 heavy (non-hydrogen) atoms. The van der Waals surface area contributed by atoms with Crippen molar-refractivity contribution in [2.24, 2.45) is 10.2 Å². The lowest BCUT2D eigenvalue weighted by Gasteiger charge is -2.16. The van der Waals surface area contributed by atoms with E-state index in [2.05, 4.69) is 31.1 Å². The molecule has 0 atom stereocenters. The Hall–Kier alpha value is -2.72. The number of aromatic nitrogens is 1. The Morgan fingerprint density at radius 3 is 2.48 bits per heavy atom. The lowest BCUT2D eigenvalue weighted by Crippen LogP contribution is -2.24. The summed E-state index contributed by atoms with van der Waals surface area (Å²) in [5, 5.41) is 18.1. The van der Waals surface area contributed by atoms with E-state index in [1.54, 1.807) is 18.2 Å². The van der Waals surface area contributed by atoms with E-state index in [1.807, 2.05) is 0 Å². The molecule has 0 unspecified atom stereocenters. The van der Waals surface area contributed by atoms with Gasteiger partial charge in [-0.2, -0.15) is 0 Å². The molecule has 140 valence electrons. The number of halogens is 1. The maximum atomic E-state index is 12.2. The number of sulfonamides is 1. The quantitative estimate of drug-likeness (QED) is 0.585. The van der Waals surface area contributed by atoms with Crippen LogP contribution in [0.1, 0.15) is 10.4 Å². The second kappa shape index (κ2) is 7.12. The van der Waals surface area contributed by atoms with Gasteiger partial charge in [0.05, 0.1) is 17.5 Å². The minimum atomic E-state index is -3.39. The summed E-state index contributed by atoms with van der Waals surface area (Å²) in [4.78, 5) is 15.0. The van der Waals surface area contributed by atoms with Gasteiger partial charge in [0, 0.05) is 22.5 Å². The van der Waals surface area contributed by atoms with Gasteiger partial charge in [0.1, 0.15) is 0 Å². The lowest BCUT2D eigenvalue weighted by atomic mass is 10.2. The lowest BCUT2D eigenvalue weighted by molar-refractivity contribution is 0.0995. The summed E-state index contributed by atoms with van der Waals surface area (Å²) >= 11 is 3.34. The molecule has 0 bridgehead atoms. The van der Waals surface area contributed by atoms with Crippen molar-refractivity contribution in [3.8, 4) is 5.88 Å². The maximum absolute atomic E-state index is 12.2. The van der Waals surface area contributed by atoms with Crippen molar-refractivity contribution in [1.29, 1.82) is 0 Å². The first kappa shape index (κ1) is 19.1. The summed E-state index contributed by atoms with van der Waals surface area (Å²) in [5.41, 5.74) is 1.48. The zero-order valence-electron chi connectivity index (χ0n) is 14.3. The average Bonchev–Trinajstić information content (AvgIpc) is 2.93. The van der Waals surface area contributed by atoms with E-state index in [0.29, 0.717) is 16.6 Å². The predicted octanol–water partition coefficient (Wildman–Crippen LogP) is 3.96. The molecule has 10 heteroatoms. The number of rotatable bonds is 4. The summed E-state index contributed by atoms with van der Waals surface area (Å²) in [6.45, 7) is 0. The molecule has 0 fully saturated rings. The molecule has 1 aromatic heterocycles. The van der Waals surface area contributed by atoms with E-state index < -0.39 is 15.9 Å². The van der Waals surface area contributed by atoms with Crippen LogP contribution < -0.4 is 4.31 Å². The topological polar surface area (TPSA) is 115 Å². The van der Waals surface area contributed by atoms with E-state index in [0.717, 1.165) is 15.0 Å². The van der Waals surface area contributed by atoms with Crippen LogP contribution in [0.3, 0.4) is 0 Å². The third-order valence-electron chi connectivity index (χ3n) is 3.93. The summed E-state index contributed by atoms with van der Waals surface area (Å²) in [6, 6.07) is 11.2. The molecular weight excluding hydrogens is 436 g/mol. The van der Waals surface area contributed by atoms with Crippen LogP contribution >= 0.6 is 15.9 Å². The van der Waals surface area contributed by atoms with Crippen molar-refractivity contribution in [2.75, 3.05) is 17.6 Å². The second-order valence-corrected chi connectivity index (χ2v) is 8.72. The number of amides is 1. The number of benzene rings is 2. The van der Waals surface area contributed by atoms with Crippen LogP contribution in [0.4, 0.5) is 11.4 Å². The molecule has 1 amide bonds. The van der Waals surface area contributed by atoms with Gasteiger partial charge in [0.2, 0.25) is 15.9 Å². The Bertz CT molecular complexity index is 1150. The van der Waals surface area contributed by atoms with Crippen molar-refractivity contribution in [2.45, 2.75) is 0 Å². The zero-order valence-corrected chi connectivity index (χ0v) is 16.7. The maximum Gasteiger partial charge on any atom is 0.295 e. The molecule has 3 rings (SSSR count). The summed E-state index contributed by atoms with van der Waals surface area (Å²) in [7, 11) is -1.97.